The molecule has 2 aromatic heterocycles. The number of nitrogens with zero attached hydrogens (tertiary/aromatic N) is 3. The lowest BCUT2D eigenvalue weighted by atomic mass is 10.0. The predicted octanol–water partition coefficient (Wildman–Crippen LogP) is 5.11. The molecule has 1 aliphatic heterocycles. The van der Waals surface area contributed by atoms with Crippen molar-refractivity contribution < 1.29 is 9.18 Å². The zero-order valence-electron chi connectivity index (χ0n) is 17.8. The smallest absolute Gasteiger partial charge is 0.253 e. The molecule has 34 heavy (non-hydrogen) atoms. The number of thioether (sulfide) groups is 1. The van der Waals surface area contributed by atoms with Gasteiger partial charge in [-0.3, -0.25) is 9.59 Å². The van der Waals surface area contributed by atoms with E-state index in [0.717, 1.165) is 33.5 Å². The highest BCUT2D eigenvalue weighted by molar-refractivity contribution is 7.99. The van der Waals surface area contributed by atoms with Crippen molar-refractivity contribution in [3.05, 3.63) is 105 Å². The molecule has 0 bridgehead atoms. The first-order chi connectivity index (χ1) is 16.6. The summed E-state index contributed by atoms with van der Waals surface area (Å²) in [7, 11) is 0. The summed E-state index contributed by atoms with van der Waals surface area (Å²) in [5.41, 5.74) is 2.71. The highest BCUT2D eigenvalue weighted by atomic mass is 32.2. The number of thiophene rings is 1. The summed E-state index contributed by atoms with van der Waals surface area (Å²) in [6, 6.07) is 20.6. The van der Waals surface area contributed by atoms with Crippen LogP contribution in [0.1, 0.15) is 22.9 Å². The SMILES string of the molecule is O=C(CSc1nc(-c2ccccc2)cc(=O)[nH]1)N1N=C(c2cccs2)C[C@@H]1c1ccc(F)cc1. The first-order valence-corrected chi connectivity index (χ1v) is 12.4. The number of hydrogen-bond acceptors (Lipinski definition) is 6. The first kappa shape index (κ1) is 22.2. The van der Waals surface area contributed by atoms with Gasteiger partial charge in [0, 0.05) is 18.1 Å². The van der Waals surface area contributed by atoms with Crippen LogP contribution in [0.2, 0.25) is 0 Å². The van der Waals surface area contributed by atoms with Gasteiger partial charge in [-0.05, 0) is 29.1 Å². The Labute approximate surface area is 203 Å². The number of carbonyl (C=O) groups is 1. The maximum Gasteiger partial charge on any atom is 0.253 e. The topological polar surface area (TPSA) is 78.4 Å². The van der Waals surface area contributed by atoms with Gasteiger partial charge in [-0.25, -0.2) is 14.4 Å². The van der Waals surface area contributed by atoms with Crippen molar-refractivity contribution >= 4 is 34.7 Å². The van der Waals surface area contributed by atoms with E-state index >= 15 is 0 Å². The molecule has 0 aliphatic carbocycles. The van der Waals surface area contributed by atoms with Crippen LogP contribution in [0.4, 0.5) is 4.39 Å². The van der Waals surface area contributed by atoms with Crippen molar-refractivity contribution in [3.63, 3.8) is 0 Å². The van der Waals surface area contributed by atoms with Crippen LogP contribution in [-0.4, -0.2) is 32.3 Å². The lowest BCUT2D eigenvalue weighted by Gasteiger charge is -2.22. The van der Waals surface area contributed by atoms with Gasteiger partial charge in [0.15, 0.2) is 5.16 Å². The fraction of sp³-hybridized carbons (Fsp3) is 0.120. The number of rotatable bonds is 6. The van der Waals surface area contributed by atoms with Crippen LogP contribution in [0.3, 0.4) is 0 Å². The highest BCUT2D eigenvalue weighted by Gasteiger charge is 2.33. The van der Waals surface area contributed by atoms with E-state index in [-0.39, 0.29) is 29.1 Å². The number of hydrogen-bond donors (Lipinski definition) is 1. The third kappa shape index (κ3) is 4.85. The van der Waals surface area contributed by atoms with Gasteiger partial charge in [0.1, 0.15) is 5.82 Å². The van der Waals surface area contributed by atoms with Gasteiger partial charge in [0.25, 0.3) is 11.5 Å². The van der Waals surface area contributed by atoms with E-state index in [2.05, 4.69) is 15.1 Å². The molecule has 0 fully saturated rings. The van der Waals surface area contributed by atoms with E-state index in [1.165, 1.54) is 23.2 Å². The fourth-order valence-electron chi connectivity index (χ4n) is 3.73. The number of hydrazone groups is 1. The van der Waals surface area contributed by atoms with Crippen LogP contribution in [0, 0.1) is 5.82 Å². The summed E-state index contributed by atoms with van der Waals surface area (Å²) in [4.78, 5) is 33.6. The zero-order chi connectivity index (χ0) is 23.5. The molecule has 1 atom stereocenters. The van der Waals surface area contributed by atoms with Crippen LogP contribution in [0.15, 0.2) is 93.2 Å². The Bertz CT molecular complexity index is 1390. The zero-order valence-corrected chi connectivity index (χ0v) is 19.5. The van der Waals surface area contributed by atoms with Crippen LogP contribution in [-0.2, 0) is 4.79 Å². The molecule has 3 heterocycles. The molecule has 4 aromatic rings. The summed E-state index contributed by atoms with van der Waals surface area (Å²) >= 11 is 2.71. The first-order valence-electron chi connectivity index (χ1n) is 10.6. The number of benzene rings is 2. The second-order valence-corrected chi connectivity index (χ2v) is 9.54. The van der Waals surface area contributed by atoms with E-state index in [1.54, 1.807) is 23.5 Å². The number of aromatic nitrogens is 2. The number of carbonyl (C=O) groups excluding carboxylic acids is 1. The molecule has 1 aliphatic rings. The largest absolute Gasteiger partial charge is 0.301 e. The third-order valence-electron chi connectivity index (χ3n) is 5.35. The van der Waals surface area contributed by atoms with Gasteiger partial charge >= 0.3 is 0 Å². The number of H-pyrrole nitrogens is 1. The molecule has 0 saturated heterocycles. The van der Waals surface area contributed by atoms with Crippen molar-refractivity contribution in [2.75, 3.05) is 5.75 Å². The molecular weight excluding hydrogens is 471 g/mol. The molecular formula is C25H19FN4O2S2. The molecule has 5 rings (SSSR count). The molecule has 0 saturated carbocycles. The van der Waals surface area contributed by atoms with Gasteiger partial charge in [-0.1, -0.05) is 60.3 Å². The number of nitrogens with one attached hydrogen (secondary N) is 1. The Morgan fingerprint density at radius 2 is 1.91 bits per heavy atom. The van der Waals surface area contributed by atoms with Crippen molar-refractivity contribution in [2.45, 2.75) is 17.6 Å². The molecule has 9 heteroatoms. The van der Waals surface area contributed by atoms with E-state index in [9.17, 15) is 14.0 Å². The van der Waals surface area contributed by atoms with Crippen LogP contribution >= 0.6 is 23.1 Å². The van der Waals surface area contributed by atoms with E-state index in [1.807, 2.05) is 47.8 Å². The Balaban J connectivity index is 1.37. The van der Waals surface area contributed by atoms with Crippen molar-refractivity contribution in [2.24, 2.45) is 5.10 Å². The van der Waals surface area contributed by atoms with E-state index in [4.69, 9.17) is 0 Å². The highest BCUT2D eigenvalue weighted by Crippen LogP contribution is 2.34. The summed E-state index contributed by atoms with van der Waals surface area (Å²) < 4.78 is 13.5. The second-order valence-electron chi connectivity index (χ2n) is 7.62. The van der Waals surface area contributed by atoms with Gasteiger partial charge in [-0.15, -0.1) is 11.3 Å². The summed E-state index contributed by atoms with van der Waals surface area (Å²) in [6.45, 7) is 0. The monoisotopic (exact) mass is 490 g/mol. The summed E-state index contributed by atoms with van der Waals surface area (Å²) in [6.07, 6.45) is 0.543. The van der Waals surface area contributed by atoms with Gasteiger partial charge in [0.2, 0.25) is 0 Å². The third-order valence-corrected chi connectivity index (χ3v) is 7.13. The minimum absolute atomic E-state index is 0.0418. The van der Waals surface area contributed by atoms with Crippen LogP contribution in [0.5, 0.6) is 0 Å². The molecule has 1 amide bonds. The van der Waals surface area contributed by atoms with E-state index in [0.29, 0.717) is 17.3 Å². The average molecular weight is 491 g/mol. The molecule has 1 N–H and O–H groups in total. The van der Waals surface area contributed by atoms with Crippen molar-refractivity contribution in [1.82, 2.24) is 15.0 Å². The Morgan fingerprint density at radius 1 is 1.12 bits per heavy atom. The van der Waals surface area contributed by atoms with Crippen LogP contribution < -0.4 is 5.56 Å². The molecule has 6 nitrogen and oxygen atoms in total. The molecule has 0 spiro atoms. The molecule has 170 valence electrons. The lowest BCUT2D eigenvalue weighted by molar-refractivity contribution is -0.130. The predicted molar refractivity (Wildman–Crippen MR) is 132 cm³/mol. The minimum Gasteiger partial charge on any atom is -0.301 e. The summed E-state index contributed by atoms with van der Waals surface area (Å²) in [5.74, 6) is -0.512. The number of halogens is 1. The number of amides is 1. The lowest BCUT2D eigenvalue weighted by Crippen LogP contribution is -2.28. The molecule has 0 unspecified atom stereocenters. The Hall–Kier alpha value is -3.56. The van der Waals surface area contributed by atoms with Crippen molar-refractivity contribution in [3.8, 4) is 11.3 Å². The maximum absolute atomic E-state index is 13.5. The van der Waals surface area contributed by atoms with Gasteiger partial charge in [-0.2, -0.15) is 5.10 Å². The maximum atomic E-state index is 13.5. The second kappa shape index (κ2) is 9.74. The Morgan fingerprint density at radius 3 is 2.65 bits per heavy atom. The molecule has 2 aromatic carbocycles. The average Bonchev–Trinajstić information content (AvgIpc) is 3.54. The normalized spacial score (nSPS) is 15.4. The fourth-order valence-corrected chi connectivity index (χ4v) is 5.18. The molecule has 0 radical (unpaired) electrons. The summed E-state index contributed by atoms with van der Waals surface area (Å²) in [5, 5.41) is 8.41. The van der Waals surface area contributed by atoms with E-state index < -0.39 is 0 Å². The quantitative estimate of drug-likeness (QED) is 0.301. The van der Waals surface area contributed by atoms with Crippen LogP contribution in [0.25, 0.3) is 11.3 Å². The minimum atomic E-state index is -0.331. The van der Waals surface area contributed by atoms with Gasteiger partial charge in [0.05, 0.1) is 28.1 Å². The Kier molecular flexibility index (Phi) is 6.37. The van der Waals surface area contributed by atoms with Crippen molar-refractivity contribution in [1.29, 1.82) is 0 Å². The number of aromatic amines is 1. The van der Waals surface area contributed by atoms with Gasteiger partial charge < -0.3 is 4.98 Å². The standard InChI is InChI=1S/C25H19FN4O2S2/c26-18-10-8-17(9-11-18)21-13-20(22-7-4-12-33-22)29-30(21)24(32)15-34-25-27-19(14-23(31)28-25)16-5-2-1-3-6-16/h1-12,14,21H,13,15H2,(H,27,28,31)/t21-/m1/s1.